The number of ether oxygens (including phenoxy) is 2. The second-order valence-electron chi connectivity index (χ2n) is 4.68. The molecule has 0 fully saturated rings. The highest BCUT2D eigenvalue weighted by Gasteiger charge is 2.15. The van der Waals surface area contributed by atoms with E-state index in [-0.39, 0.29) is 25.0 Å². The molecule has 5 nitrogen and oxygen atoms in total. The molecule has 0 spiro atoms. The van der Waals surface area contributed by atoms with Gasteiger partial charge in [0.05, 0.1) is 5.75 Å². The highest BCUT2D eigenvalue weighted by Crippen LogP contribution is 2.32. The number of hydrogen-bond acceptors (Lipinski definition) is 4. The zero-order valence-corrected chi connectivity index (χ0v) is 11.3. The van der Waals surface area contributed by atoms with Gasteiger partial charge in [0, 0.05) is 6.54 Å². The lowest BCUT2D eigenvalue weighted by molar-refractivity contribution is 0.174. The molecule has 0 radical (unpaired) electrons. The van der Waals surface area contributed by atoms with Crippen molar-refractivity contribution in [2.45, 2.75) is 20.4 Å². The molecule has 100 valence electrons. The Bertz CT molecular complexity index is 525. The number of benzene rings is 1. The van der Waals surface area contributed by atoms with E-state index >= 15 is 0 Å². The highest BCUT2D eigenvalue weighted by molar-refractivity contribution is 7.89. The molecule has 18 heavy (non-hydrogen) atoms. The van der Waals surface area contributed by atoms with Crippen molar-refractivity contribution < 1.29 is 17.9 Å². The second-order valence-corrected chi connectivity index (χ2v) is 6.54. The molecular weight excluding hydrogens is 254 g/mol. The van der Waals surface area contributed by atoms with E-state index in [1.54, 1.807) is 12.1 Å². The average molecular weight is 271 g/mol. The zero-order valence-electron chi connectivity index (χ0n) is 10.5. The third kappa shape index (κ3) is 3.36. The van der Waals surface area contributed by atoms with Crippen LogP contribution in [0.15, 0.2) is 18.2 Å². The summed E-state index contributed by atoms with van der Waals surface area (Å²) in [4.78, 5) is 0. The Morgan fingerprint density at radius 2 is 2.00 bits per heavy atom. The largest absolute Gasteiger partial charge is 0.454 e. The SMILES string of the molecule is CC(C)CS(=O)(=O)NCc1ccc2c(c1)OCO2. The predicted molar refractivity (Wildman–Crippen MR) is 68.0 cm³/mol. The van der Waals surface area contributed by atoms with Gasteiger partial charge in [-0.05, 0) is 23.6 Å². The fourth-order valence-electron chi connectivity index (χ4n) is 1.74. The summed E-state index contributed by atoms with van der Waals surface area (Å²) in [6.45, 7) is 4.24. The molecule has 0 unspecified atom stereocenters. The molecule has 0 aromatic heterocycles. The molecule has 0 bridgehead atoms. The molecule has 1 aliphatic rings. The Morgan fingerprint density at radius 3 is 2.72 bits per heavy atom. The van der Waals surface area contributed by atoms with Gasteiger partial charge >= 0.3 is 0 Å². The van der Waals surface area contributed by atoms with Crippen LogP contribution in [0.5, 0.6) is 11.5 Å². The predicted octanol–water partition coefficient (Wildman–Crippen LogP) is 1.49. The molecule has 1 aliphatic heterocycles. The molecule has 0 atom stereocenters. The number of hydrogen-bond donors (Lipinski definition) is 1. The van der Waals surface area contributed by atoms with Gasteiger partial charge < -0.3 is 9.47 Å². The van der Waals surface area contributed by atoms with Gasteiger partial charge in [0.25, 0.3) is 0 Å². The van der Waals surface area contributed by atoms with E-state index in [0.29, 0.717) is 11.5 Å². The van der Waals surface area contributed by atoms with Crippen LogP contribution in [-0.2, 0) is 16.6 Å². The molecule has 0 saturated heterocycles. The number of nitrogens with one attached hydrogen (secondary N) is 1. The quantitative estimate of drug-likeness (QED) is 0.881. The van der Waals surface area contributed by atoms with Crippen LogP contribution < -0.4 is 14.2 Å². The number of rotatable bonds is 5. The first-order valence-electron chi connectivity index (χ1n) is 5.82. The molecule has 2 rings (SSSR count). The van der Waals surface area contributed by atoms with Crippen LogP contribution in [-0.4, -0.2) is 21.0 Å². The van der Waals surface area contributed by atoms with Crippen LogP contribution in [0.2, 0.25) is 0 Å². The minimum atomic E-state index is -3.22. The smallest absolute Gasteiger partial charge is 0.231 e. The maximum Gasteiger partial charge on any atom is 0.231 e. The van der Waals surface area contributed by atoms with E-state index in [1.807, 2.05) is 19.9 Å². The van der Waals surface area contributed by atoms with Gasteiger partial charge in [-0.3, -0.25) is 0 Å². The van der Waals surface area contributed by atoms with Crippen molar-refractivity contribution in [2.75, 3.05) is 12.5 Å². The van der Waals surface area contributed by atoms with Gasteiger partial charge in [0.2, 0.25) is 16.8 Å². The topological polar surface area (TPSA) is 64.6 Å². The van der Waals surface area contributed by atoms with Crippen LogP contribution in [0.25, 0.3) is 0 Å². The van der Waals surface area contributed by atoms with Crippen LogP contribution >= 0.6 is 0 Å². The highest BCUT2D eigenvalue weighted by atomic mass is 32.2. The maximum atomic E-state index is 11.7. The molecule has 1 N–H and O–H groups in total. The molecule has 1 heterocycles. The van der Waals surface area contributed by atoms with Crippen molar-refractivity contribution in [2.24, 2.45) is 5.92 Å². The lowest BCUT2D eigenvalue weighted by Crippen LogP contribution is -2.28. The van der Waals surface area contributed by atoms with Crippen molar-refractivity contribution >= 4 is 10.0 Å². The summed E-state index contributed by atoms with van der Waals surface area (Å²) in [6.07, 6.45) is 0. The summed E-state index contributed by atoms with van der Waals surface area (Å²) in [7, 11) is -3.22. The summed E-state index contributed by atoms with van der Waals surface area (Å²) in [5, 5.41) is 0. The zero-order chi connectivity index (χ0) is 13.2. The fraction of sp³-hybridized carbons (Fsp3) is 0.500. The Morgan fingerprint density at radius 1 is 1.28 bits per heavy atom. The third-order valence-electron chi connectivity index (χ3n) is 2.49. The van der Waals surface area contributed by atoms with Crippen LogP contribution in [0, 0.1) is 5.92 Å². The van der Waals surface area contributed by atoms with Crippen molar-refractivity contribution in [1.82, 2.24) is 4.72 Å². The summed E-state index contributed by atoms with van der Waals surface area (Å²) in [6, 6.07) is 5.40. The molecule has 1 aromatic rings. The van der Waals surface area contributed by atoms with Gasteiger partial charge in [-0.1, -0.05) is 19.9 Å². The molecule has 0 saturated carbocycles. The van der Waals surface area contributed by atoms with Crippen molar-refractivity contribution in [3.05, 3.63) is 23.8 Å². The Kier molecular flexibility index (Phi) is 3.77. The Balaban J connectivity index is 1.98. The Labute approximate surface area is 107 Å². The second kappa shape index (κ2) is 5.16. The van der Waals surface area contributed by atoms with E-state index in [1.165, 1.54) is 0 Å². The van der Waals surface area contributed by atoms with Crippen LogP contribution in [0.4, 0.5) is 0 Å². The van der Waals surface area contributed by atoms with Gasteiger partial charge in [-0.2, -0.15) is 0 Å². The molecule has 0 aliphatic carbocycles. The summed E-state index contributed by atoms with van der Waals surface area (Å²) < 4.78 is 36.4. The van der Waals surface area contributed by atoms with Crippen molar-refractivity contribution in [3.8, 4) is 11.5 Å². The summed E-state index contributed by atoms with van der Waals surface area (Å²) >= 11 is 0. The van der Waals surface area contributed by atoms with E-state index in [4.69, 9.17) is 9.47 Å². The minimum Gasteiger partial charge on any atom is -0.454 e. The minimum absolute atomic E-state index is 0.110. The molecular formula is C12H17NO4S. The van der Waals surface area contributed by atoms with Crippen molar-refractivity contribution in [1.29, 1.82) is 0 Å². The molecule has 1 aromatic carbocycles. The standard InChI is InChI=1S/C12H17NO4S/c1-9(2)7-18(14,15)13-6-10-3-4-11-12(5-10)17-8-16-11/h3-5,9,13H,6-8H2,1-2H3. The molecule has 6 heteroatoms. The number of sulfonamides is 1. The van der Waals surface area contributed by atoms with Gasteiger partial charge in [0.15, 0.2) is 11.5 Å². The summed E-state index contributed by atoms with van der Waals surface area (Å²) in [5.74, 6) is 1.61. The van der Waals surface area contributed by atoms with Crippen LogP contribution in [0.1, 0.15) is 19.4 Å². The number of fused-ring (bicyclic) bond motifs is 1. The lowest BCUT2D eigenvalue weighted by Gasteiger charge is -2.09. The lowest BCUT2D eigenvalue weighted by atomic mass is 10.2. The van der Waals surface area contributed by atoms with E-state index in [0.717, 1.165) is 5.56 Å². The fourth-order valence-corrected chi connectivity index (χ4v) is 3.12. The Hall–Kier alpha value is -1.27. The molecule has 0 amide bonds. The summed E-state index contributed by atoms with van der Waals surface area (Å²) in [5.41, 5.74) is 0.853. The average Bonchev–Trinajstić information content (AvgIpc) is 2.71. The normalized spacial score (nSPS) is 14.2. The van der Waals surface area contributed by atoms with Crippen LogP contribution in [0.3, 0.4) is 0 Å². The first-order valence-corrected chi connectivity index (χ1v) is 7.47. The van der Waals surface area contributed by atoms with E-state index < -0.39 is 10.0 Å². The monoisotopic (exact) mass is 271 g/mol. The maximum absolute atomic E-state index is 11.7. The first kappa shape index (κ1) is 13.2. The first-order chi connectivity index (χ1) is 8.46. The van der Waals surface area contributed by atoms with E-state index in [2.05, 4.69) is 4.72 Å². The van der Waals surface area contributed by atoms with Crippen molar-refractivity contribution in [3.63, 3.8) is 0 Å². The van der Waals surface area contributed by atoms with E-state index in [9.17, 15) is 8.42 Å². The van der Waals surface area contributed by atoms with Gasteiger partial charge in [-0.15, -0.1) is 0 Å². The van der Waals surface area contributed by atoms with Gasteiger partial charge in [-0.25, -0.2) is 13.1 Å². The third-order valence-corrected chi connectivity index (χ3v) is 4.18. The van der Waals surface area contributed by atoms with Gasteiger partial charge in [0.1, 0.15) is 0 Å².